The van der Waals surface area contributed by atoms with Crippen molar-refractivity contribution in [2.45, 2.75) is 0 Å². The van der Waals surface area contributed by atoms with Crippen LogP contribution < -0.4 is 0 Å². The van der Waals surface area contributed by atoms with Crippen molar-refractivity contribution in [2.75, 3.05) is 26.2 Å². The summed E-state index contributed by atoms with van der Waals surface area (Å²) in [4.78, 5) is 25.6. The third-order valence-corrected chi connectivity index (χ3v) is 2.43. The fourth-order valence-electron chi connectivity index (χ4n) is 1.52. The van der Waals surface area contributed by atoms with Gasteiger partial charge in [-0.1, -0.05) is 5.16 Å². The second kappa shape index (κ2) is 4.12. The van der Waals surface area contributed by atoms with E-state index in [-0.39, 0.29) is 5.91 Å². The van der Waals surface area contributed by atoms with Gasteiger partial charge >= 0.3 is 0 Å². The van der Waals surface area contributed by atoms with Gasteiger partial charge in [0.15, 0.2) is 0 Å². The van der Waals surface area contributed by atoms with Crippen molar-refractivity contribution in [3.8, 4) is 0 Å². The first-order valence-electron chi connectivity index (χ1n) is 4.69. The SMILES string of the molecule is O=CN1CCN(C(=O)c2cnoc2)CC1. The molecule has 1 saturated heterocycles. The minimum atomic E-state index is -0.0956. The number of nitrogens with zero attached hydrogens (tertiary/aromatic N) is 3. The van der Waals surface area contributed by atoms with Gasteiger partial charge in [0.05, 0.1) is 11.8 Å². The van der Waals surface area contributed by atoms with Crippen LogP contribution in [-0.2, 0) is 4.79 Å². The summed E-state index contributed by atoms with van der Waals surface area (Å²) >= 11 is 0. The van der Waals surface area contributed by atoms with Gasteiger partial charge in [-0.3, -0.25) is 9.59 Å². The fraction of sp³-hybridized carbons (Fsp3) is 0.444. The maximum Gasteiger partial charge on any atom is 0.258 e. The third-order valence-electron chi connectivity index (χ3n) is 2.43. The third kappa shape index (κ3) is 1.98. The van der Waals surface area contributed by atoms with Crippen LogP contribution in [0.15, 0.2) is 17.0 Å². The molecule has 15 heavy (non-hydrogen) atoms. The van der Waals surface area contributed by atoms with E-state index >= 15 is 0 Å². The van der Waals surface area contributed by atoms with Crippen molar-refractivity contribution in [3.63, 3.8) is 0 Å². The van der Waals surface area contributed by atoms with Crippen LogP contribution in [0.2, 0.25) is 0 Å². The largest absolute Gasteiger partial charge is 0.364 e. The topological polar surface area (TPSA) is 66.7 Å². The van der Waals surface area contributed by atoms with Crippen LogP contribution in [0.3, 0.4) is 0 Å². The number of aromatic nitrogens is 1. The van der Waals surface area contributed by atoms with Gasteiger partial charge in [-0.25, -0.2) is 0 Å². The van der Waals surface area contributed by atoms with Crippen LogP contribution in [0.25, 0.3) is 0 Å². The number of rotatable bonds is 2. The number of amides is 2. The minimum Gasteiger partial charge on any atom is -0.364 e. The van der Waals surface area contributed by atoms with Crippen LogP contribution in [-0.4, -0.2) is 53.5 Å². The molecule has 0 spiro atoms. The van der Waals surface area contributed by atoms with Gasteiger partial charge in [0.2, 0.25) is 6.41 Å². The van der Waals surface area contributed by atoms with Crippen LogP contribution in [0.4, 0.5) is 0 Å². The van der Waals surface area contributed by atoms with E-state index in [4.69, 9.17) is 0 Å². The Morgan fingerprint density at radius 1 is 1.40 bits per heavy atom. The summed E-state index contributed by atoms with van der Waals surface area (Å²) in [6.07, 6.45) is 3.53. The van der Waals surface area contributed by atoms with E-state index in [1.165, 1.54) is 12.5 Å². The fourth-order valence-corrected chi connectivity index (χ4v) is 1.52. The lowest BCUT2D eigenvalue weighted by Crippen LogP contribution is -2.48. The van der Waals surface area contributed by atoms with Gasteiger partial charge < -0.3 is 14.3 Å². The van der Waals surface area contributed by atoms with Gasteiger partial charge in [-0.15, -0.1) is 0 Å². The quantitative estimate of drug-likeness (QED) is 0.621. The van der Waals surface area contributed by atoms with Gasteiger partial charge in [-0.2, -0.15) is 0 Å². The lowest BCUT2D eigenvalue weighted by Gasteiger charge is -2.32. The number of carbonyl (C=O) groups excluding carboxylic acids is 2. The van der Waals surface area contributed by atoms with Gasteiger partial charge in [0.1, 0.15) is 6.26 Å². The first-order chi connectivity index (χ1) is 7.31. The smallest absolute Gasteiger partial charge is 0.258 e. The highest BCUT2D eigenvalue weighted by atomic mass is 16.5. The lowest BCUT2D eigenvalue weighted by atomic mass is 10.2. The molecule has 2 amide bonds. The number of hydrogen-bond acceptors (Lipinski definition) is 4. The number of carbonyl (C=O) groups is 2. The second-order valence-electron chi connectivity index (χ2n) is 3.35. The summed E-state index contributed by atoms with van der Waals surface area (Å²) < 4.78 is 4.60. The summed E-state index contributed by atoms with van der Waals surface area (Å²) in [7, 11) is 0. The highest BCUT2D eigenvalue weighted by molar-refractivity contribution is 5.93. The van der Waals surface area contributed by atoms with Crippen molar-refractivity contribution < 1.29 is 14.1 Å². The molecular weight excluding hydrogens is 198 g/mol. The molecule has 0 bridgehead atoms. The monoisotopic (exact) mass is 209 g/mol. The van der Waals surface area contributed by atoms with E-state index in [0.29, 0.717) is 31.7 Å². The molecule has 80 valence electrons. The summed E-state index contributed by atoms with van der Waals surface area (Å²) in [5.74, 6) is -0.0956. The van der Waals surface area contributed by atoms with E-state index in [0.717, 1.165) is 6.41 Å². The highest BCUT2D eigenvalue weighted by Crippen LogP contribution is 2.06. The maximum atomic E-state index is 11.8. The van der Waals surface area contributed by atoms with Gasteiger partial charge in [0, 0.05) is 26.2 Å². The van der Waals surface area contributed by atoms with Crippen molar-refractivity contribution in [1.82, 2.24) is 15.0 Å². The Balaban J connectivity index is 1.96. The van der Waals surface area contributed by atoms with Crippen LogP contribution in [0.5, 0.6) is 0 Å². The maximum absolute atomic E-state index is 11.8. The minimum absolute atomic E-state index is 0.0956. The molecule has 0 aromatic carbocycles. The normalized spacial score (nSPS) is 16.5. The molecule has 1 aliphatic rings. The van der Waals surface area contributed by atoms with E-state index < -0.39 is 0 Å². The molecule has 0 atom stereocenters. The Labute approximate surface area is 86.4 Å². The second-order valence-corrected chi connectivity index (χ2v) is 3.35. The van der Waals surface area contributed by atoms with Crippen LogP contribution in [0.1, 0.15) is 10.4 Å². The molecule has 2 rings (SSSR count). The molecule has 6 heteroatoms. The van der Waals surface area contributed by atoms with Crippen molar-refractivity contribution in [3.05, 3.63) is 18.0 Å². The molecule has 2 heterocycles. The van der Waals surface area contributed by atoms with Crippen LogP contribution in [0, 0.1) is 0 Å². The molecule has 1 aromatic heterocycles. The standard InChI is InChI=1S/C9H11N3O3/c13-7-11-1-3-12(4-2-11)9(14)8-5-10-15-6-8/h5-7H,1-4H2. The van der Waals surface area contributed by atoms with Gasteiger partial charge in [0.25, 0.3) is 5.91 Å². The molecule has 0 saturated carbocycles. The highest BCUT2D eigenvalue weighted by Gasteiger charge is 2.22. The number of piperazine rings is 1. The molecule has 0 N–H and O–H groups in total. The Bertz CT molecular complexity index is 341. The zero-order chi connectivity index (χ0) is 10.7. The van der Waals surface area contributed by atoms with Crippen LogP contribution >= 0.6 is 0 Å². The average Bonchev–Trinajstić information content (AvgIpc) is 2.82. The Morgan fingerprint density at radius 3 is 2.67 bits per heavy atom. The molecule has 0 aliphatic carbocycles. The lowest BCUT2D eigenvalue weighted by molar-refractivity contribution is -0.119. The van der Waals surface area contributed by atoms with E-state index in [2.05, 4.69) is 9.68 Å². The Morgan fingerprint density at radius 2 is 2.13 bits per heavy atom. The molecule has 1 aliphatic heterocycles. The molecule has 6 nitrogen and oxygen atoms in total. The summed E-state index contributed by atoms with van der Waals surface area (Å²) in [6, 6.07) is 0. The predicted molar refractivity (Wildman–Crippen MR) is 50.0 cm³/mol. The molecular formula is C9H11N3O3. The average molecular weight is 209 g/mol. The van der Waals surface area contributed by atoms with Crippen molar-refractivity contribution >= 4 is 12.3 Å². The summed E-state index contributed by atoms with van der Waals surface area (Å²) in [5.41, 5.74) is 0.453. The Hall–Kier alpha value is -1.85. The molecule has 1 fully saturated rings. The van der Waals surface area contributed by atoms with E-state index in [1.54, 1.807) is 9.80 Å². The van der Waals surface area contributed by atoms with Gasteiger partial charge in [-0.05, 0) is 0 Å². The summed E-state index contributed by atoms with van der Waals surface area (Å²) in [5, 5.41) is 3.48. The van der Waals surface area contributed by atoms with E-state index in [9.17, 15) is 9.59 Å². The molecule has 0 unspecified atom stereocenters. The van der Waals surface area contributed by atoms with Crippen molar-refractivity contribution in [2.24, 2.45) is 0 Å². The van der Waals surface area contributed by atoms with E-state index in [1.807, 2.05) is 0 Å². The first-order valence-corrected chi connectivity index (χ1v) is 4.69. The molecule has 0 radical (unpaired) electrons. The van der Waals surface area contributed by atoms with Crippen molar-refractivity contribution in [1.29, 1.82) is 0 Å². The summed E-state index contributed by atoms with van der Waals surface area (Å²) in [6.45, 7) is 2.28. The zero-order valence-electron chi connectivity index (χ0n) is 8.13. The first kappa shape index (κ1) is 9.70. The zero-order valence-corrected chi connectivity index (χ0v) is 8.13. The Kier molecular flexibility index (Phi) is 2.66. The number of hydrogen-bond donors (Lipinski definition) is 0. The molecule has 1 aromatic rings. The predicted octanol–water partition coefficient (Wildman–Crippen LogP) is -0.411.